The topological polar surface area (TPSA) is 59.2 Å². The van der Waals surface area contributed by atoms with Crippen LogP contribution in [0.15, 0.2) is 4.52 Å². The molecule has 4 nitrogen and oxygen atoms in total. The second kappa shape index (κ2) is 6.57. The summed E-state index contributed by atoms with van der Waals surface area (Å²) in [5, 5.41) is 14.3. The molecule has 2 atom stereocenters. The van der Waals surface area contributed by atoms with Gasteiger partial charge in [-0.25, -0.2) is 0 Å². The van der Waals surface area contributed by atoms with Crippen LogP contribution in [0.5, 0.6) is 0 Å². The Kier molecular flexibility index (Phi) is 5.06. The fourth-order valence-corrected chi connectivity index (χ4v) is 3.49. The second-order valence-corrected chi connectivity index (χ2v) is 6.70. The van der Waals surface area contributed by atoms with Crippen molar-refractivity contribution >= 4 is 11.8 Å². The molecule has 18 heavy (non-hydrogen) atoms. The van der Waals surface area contributed by atoms with E-state index >= 15 is 0 Å². The largest absolute Gasteiger partial charge is 0.393 e. The molecule has 1 aliphatic rings. The molecule has 1 aliphatic heterocycles. The first-order chi connectivity index (χ1) is 8.65. The summed E-state index contributed by atoms with van der Waals surface area (Å²) in [6.07, 6.45) is 4.55. The van der Waals surface area contributed by atoms with E-state index in [1.54, 1.807) is 0 Å². The highest BCUT2D eigenvalue weighted by Gasteiger charge is 2.22. The lowest BCUT2D eigenvalue weighted by molar-refractivity contribution is 0.138. The Bertz CT molecular complexity index is 362. The minimum atomic E-state index is -0.377. The first-order valence-electron chi connectivity index (χ1n) is 6.77. The predicted octanol–water partition coefficient (Wildman–Crippen LogP) is 2.98. The molecule has 1 aromatic rings. The summed E-state index contributed by atoms with van der Waals surface area (Å²) in [4.78, 5) is 4.42. The van der Waals surface area contributed by atoms with Gasteiger partial charge in [0, 0.05) is 0 Å². The molecule has 2 unspecified atom stereocenters. The van der Waals surface area contributed by atoms with E-state index in [0.29, 0.717) is 23.5 Å². The highest BCUT2D eigenvalue weighted by molar-refractivity contribution is 7.99. The maximum Gasteiger partial charge on any atom is 0.229 e. The van der Waals surface area contributed by atoms with E-state index in [9.17, 15) is 5.11 Å². The van der Waals surface area contributed by atoms with Gasteiger partial charge in [0.05, 0.1) is 17.8 Å². The predicted molar refractivity (Wildman–Crippen MR) is 72.5 cm³/mol. The third-order valence-corrected chi connectivity index (χ3v) is 4.48. The van der Waals surface area contributed by atoms with Crippen molar-refractivity contribution in [3.05, 3.63) is 11.7 Å². The van der Waals surface area contributed by atoms with Gasteiger partial charge >= 0.3 is 0 Å². The fraction of sp³-hybridized carbons (Fsp3) is 0.846. The van der Waals surface area contributed by atoms with Crippen molar-refractivity contribution < 1.29 is 9.63 Å². The molecule has 1 saturated heterocycles. The molecular formula is C13H22N2O2S. The molecule has 0 amide bonds. The first-order valence-corrected chi connectivity index (χ1v) is 7.82. The zero-order valence-corrected chi connectivity index (χ0v) is 11.9. The summed E-state index contributed by atoms with van der Waals surface area (Å²) >= 11 is 1.91. The van der Waals surface area contributed by atoms with E-state index in [2.05, 4.69) is 24.0 Å². The summed E-state index contributed by atoms with van der Waals surface area (Å²) in [6.45, 7) is 4.20. The maximum absolute atomic E-state index is 9.86. The zero-order valence-electron chi connectivity index (χ0n) is 11.1. The van der Waals surface area contributed by atoms with Gasteiger partial charge in [-0.05, 0) is 30.9 Å². The van der Waals surface area contributed by atoms with Crippen molar-refractivity contribution in [1.29, 1.82) is 0 Å². The highest BCUT2D eigenvalue weighted by Crippen LogP contribution is 2.36. The lowest BCUT2D eigenvalue weighted by Gasteiger charge is -2.17. The fourth-order valence-electron chi connectivity index (χ4n) is 2.26. The van der Waals surface area contributed by atoms with Crippen LogP contribution in [0.3, 0.4) is 0 Å². The molecule has 1 N–H and O–H groups in total. The van der Waals surface area contributed by atoms with Crippen LogP contribution in [0.2, 0.25) is 0 Å². The number of rotatable bonds is 5. The van der Waals surface area contributed by atoms with Gasteiger partial charge in [-0.15, -0.1) is 0 Å². The Labute approximate surface area is 113 Å². The Morgan fingerprint density at radius 3 is 2.94 bits per heavy atom. The standard InChI is InChI=1S/C13H22N2O2S/c1-9(2)7-10(16)8-12-14-13(15-17-12)11-5-3-4-6-18-11/h9-11,16H,3-8H2,1-2H3. The molecule has 0 aliphatic carbocycles. The van der Waals surface area contributed by atoms with Crippen LogP contribution in [-0.4, -0.2) is 27.1 Å². The molecule has 0 spiro atoms. The summed E-state index contributed by atoms with van der Waals surface area (Å²) in [5.74, 6) is 3.05. The molecule has 0 bridgehead atoms. The van der Waals surface area contributed by atoms with Crippen molar-refractivity contribution in [3.8, 4) is 0 Å². The van der Waals surface area contributed by atoms with Crippen LogP contribution in [-0.2, 0) is 6.42 Å². The van der Waals surface area contributed by atoms with Gasteiger partial charge in [0.15, 0.2) is 5.82 Å². The van der Waals surface area contributed by atoms with Crippen LogP contribution >= 0.6 is 11.8 Å². The van der Waals surface area contributed by atoms with Gasteiger partial charge in [0.1, 0.15) is 0 Å². The monoisotopic (exact) mass is 270 g/mol. The van der Waals surface area contributed by atoms with Crippen molar-refractivity contribution in [1.82, 2.24) is 10.1 Å². The number of nitrogens with zero attached hydrogens (tertiary/aromatic N) is 2. The molecule has 0 saturated carbocycles. The smallest absolute Gasteiger partial charge is 0.229 e. The van der Waals surface area contributed by atoms with E-state index < -0.39 is 0 Å². The van der Waals surface area contributed by atoms with Crippen molar-refractivity contribution in [2.75, 3.05) is 5.75 Å². The number of aliphatic hydroxyl groups excluding tert-OH is 1. The normalized spacial score (nSPS) is 22.3. The molecule has 5 heteroatoms. The van der Waals surface area contributed by atoms with Crippen LogP contribution in [0.25, 0.3) is 0 Å². The average Bonchev–Trinajstić information content (AvgIpc) is 2.77. The lowest BCUT2D eigenvalue weighted by Crippen LogP contribution is -2.13. The number of aromatic nitrogens is 2. The van der Waals surface area contributed by atoms with Crippen LogP contribution in [0, 0.1) is 5.92 Å². The van der Waals surface area contributed by atoms with Crippen molar-refractivity contribution in [2.24, 2.45) is 5.92 Å². The third-order valence-electron chi connectivity index (χ3n) is 3.11. The highest BCUT2D eigenvalue weighted by atomic mass is 32.2. The summed E-state index contributed by atoms with van der Waals surface area (Å²) in [7, 11) is 0. The Hall–Kier alpha value is -0.550. The van der Waals surface area contributed by atoms with E-state index in [4.69, 9.17) is 4.52 Å². The average molecular weight is 270 g/mol. The minimum absolute atomic E-state index is 0.377. The molecule has 2 heterocycles. The van der Waals surface area contributed by atoms with E-state index in [1.165, 1.54) is 18.6 Å². The van der Waals surface area contributed by atoms with Gasteiger partial charge in [-0.2, -0.15) is 16.7 Å². The minimum Gasteiger partial charge on any atom is -0.393 e. The Morgan fingerprint density at radius 2 is 2.28 bits per heavy atom. The van der Waals surface area contributed by atoms with Gasteiger partial charge in [-0.1, -0.05) is 25.4 Å². The maximum atomic E-state index is 9.86. The van der Waals surface area contributed by atoms with E-state index in [1.807, 2.05) is 11.8 Å². The van der Waals surface area contributed by atoms with Gasteiger partial charge in [0.2, 0.25) is 5.89 Å². The molecule has 102 valence electrons. The van der Waals surface area contributed by atoms with Crippen LogP contribution in [0.1, 0.15) is 56.5 Å². The second-order valence-electron chi connectivity index (χ2n) is 5.39. The molecule has 1 fully saturated rings. The SMILES string of the molecule is CC(C)CC(O)Cc1nc(C2CCCCS2)no1. The summed E-state index contributed by atoms with van der Waals surface area (Å²) < 4.78 is 5.24. The number of hydrogen-bond donors (Lipinski definition) is 1. The zero-order chi connectivity index (χ0) is 13.0. The van der Waals surface area contributed by atoms with E-state index in [0.717, 1.165) is 18.7 Å². The molecule has 0 radical (unpaired) electrons. The quantitative estimate of drug-likeness (QED) is 0.891. The van der Waals surface area contributed by atoms with Crippen LogP contribution in [0.4, 0.5) is 0 Å². The van der Waals surface area contributed by atoms with Gasteiger partial charge < -0.3 is 9.63 Å². The first kappa shape index (κ1) is 13.9. The van der Waals surface area contributed by atoms with Crippen LogP contribution < -0.4 is 0 Å². The number of thioether (sulfide) groups is 1. The van der Waals surface area contributed by atoms with E-state index in [-0.39, 0.29) is 6.10 Å². The van der Waals surface area contributed by atoms with Gasteiger partial charge in [-0.3, -0.25) is 0 Å². The number of aliphatic hydroxyl groups is 1. The number of hydrogen-bond acceptors (Lipinski definition) is 5. The Balaban J connectivity index is 1.89. The molecule has 0 aromatic carbocycles. The Morgan fingerprint density at radius 1 is 1.44 bits per heavy atom. The van der Waals surface area contributed by atoms with Gasteiger partial charge in [0.25, 0.3) is 0 Å². The third kappa shape index (κ3) is 3.99. The summed E-state index contributed by atoms with van der Waals surface area (Å²) in [5.41, 5.74) is 0. The van der Waals surface area contributed by atoms with Crippen molar-refractivity contribution in [2.45, 2.75) is 57.3 Å². The lowest BCUT2D eigenvalue weighted by atomic mass is 10.0. The van der Waals surface area contributed by atoms with Crippen molar-refractivity contribution in [3.63, 3.8) is 0 Å². The summed E-state index contributed by atoms with van der Waals surface area (Å²) in [6, 6.07) is 0. The molecule has 1 aromatic heterocycles. The molecule has 2 rings (SSSR count). The molecular weight excluding hydrogens is 248 g/mol.